The highest BCUT2D eigenvalue weighted by Crippen LogP contribution is 2.32. The van der Waals surface area contributed by atoms with E-state index in [0.29, 0.717) is 0 Å². The van der Waals surface area contributed by atoms with Gasteiger partial charge in [-0.05, 0) is 43.7 Å². The molecule has 1 N–H and O–H groups in total. The summed E-state index contributed by atoms with van der Waals surface area (Å²) in [4.78, 5) is 0. The van der Waals surface area contributed by atoms with Gasteiger partial charge < -0.3 is 14.8 Å². The fourth-order valence-electron chi connectivity index (χ4n) is 2.19. The SMILES string of the molecule is COc1ccc(C(C)Nc2ccc(C)c(Br)c2)c(OC)c1. The monoisotopic (exact) mass is 349 g/mol. The Labute approximate surface area is 134 Å². The average molecular weight is 350 g/mol. The van der Waals surface area contributed by atoms with Crippen LogP contribution in [-0.2, 0) is 0 Å². The van der Waals surface area contributed by atoms with Crippen molar-refractivity contribution in [1.82, 2.24) is 0 Å². The van der Waals surface area contributed by atoms with Gasteiger partial charge in [0.2, 0.25) is 0 Å². The van der Waals surface area contributed by atoms with Crippen molar-refractivity contribution in [3.63, 3.8) is 0 Å². The lowest BCUT2D eigenvalue weighted by Crippen LogP contribution is -2.08. The molecule has 0 radical (unpaired) electrons. The van der Waals surface area contributed by atoms with Crippen LogP contribution in [0.2, 0.25) is 0 Å². The summed E-state index contributed by atoms with van der Waals surface area (Å²) in [5, 5.41) is 3.49. The number of nitrogens with one attached hydrogen (secondary N) is 1. The topological polar surface area (TPSA) is 30.5 Å². The number of ether oxygens (including phenoxy) is 2. The average Bonchev–Trinajstić information content (AvgIpc) is 2.50. The van der Waals surface area contributed by atoms with Crippen LogP contribution in [0.25, 0.3) is 0 Å². The van der Waals surface area contributed by atoms with Crippen LogP contribution in [0.3, 0.4) is 0 Å². The van der Waals surface area contributed by atoms with E-state index in [4.69, 9.17) is 9.47 Å². The normalized spacial score (nSPS) is 11.9. The minimum atomic E-state index is 0.125. The molecule has 2 aromatic rings. The molecule has 0 heterocycles. The maximum absolute atomic E-state index is 5.46. The summed E-state index contributed by atoms with van der Waals surface area (Å²) < 4.78 is 11.8. The highest BCUT2D eigenvalue weighted by molar-refractivity contribution is 9.10. The number of rotatable bonds is 5. The van der Waals surface area contributed by atoms with Gasteiger partial charge in [-0.1, -0.05) is 22.0 Å². The van der Waals surface area contributed by atoms with Crippen LogP contribution in [0.5, 0.6) is 11.5 Å². The molecule has 1 unspecified atom stereocenters. The largest absolute Gasteiger partial charge is 0.497 e. The summed E-state index contributed by atoms with van der Waals surface area (Å²) >= 11 is 3.56. The van der Waals surface area contributed by atoms with E-state index >= 15 is 0 Å². The molecule has 4 heteroatoms. The highest BCUT2D eigenvalue weighted by Gasteiger charge is 2.12. The predicted octanol–water partition coefficient (Wildman–Crippen LogP) is 4.95. The van der Waals surface area contributed by atoms with E-state index in [1.165, 1.54) is 5.56 Å². The zero-order chi connectivity index (χ0) is 15.4. The van der Waals surface area contributed by atoms with E-state index < -0.39 is 0 Å². The van der Waals surface area contributed by atoms with E-state index in [2.05, 4.69) is 53.3 Å². The first-order chi connectivity index (χ1) is 10.0. The van der Waals surface area contributed by atoms with Gasteiger partial charge in [0.1, 0.15) is 11.5 Å². The molecular formula is C17H20BrNO2. The zero-order valence-corrected chi connectivity index (χ0v) is 14.3. The van der Waals surface area contributed by atoms with E-state index in [1.807, 2.05) is 18.2 Å². The van der Waals surface area contributed by atoms with Crippen molar-refractivity contribution in [3.05, 3.63) is 52.0 Å². The molecule has 112 valence electrons. The van der Waals surface area contributed by atoms with Crippen LogP contribution in [0.15, 0.2) is 40.9 Å². The Morgan fingerprint density at radius 2 is 1.81 bits per heavy atom. The number of methoxy groups -OCH3 is 2. The van der Waals surface area contributed by atoms with Crippen molar-refractivity contribution in [2.24, 2.45) is 0 Å². The van der Waals surface area contributed by atoms with E-state index in [-0.39, 0.29) is 6.04 Å². The number of aryl methyl sites for hydroxylation is 1. The number of hydrogen-bond acceptors (Lipinski definition) is 3. The van der Waals surface area contributed by atoms with Crippen LogP contribution >= 0.6 is 15.9 Å². The van der Waals surface area contributed by atoms with Gasteiger partial charge in [-0.25, -0.2) is 0 Å². The molecule has 1 atom stereocenters. The summed E-state index contributed by atoms with van der Waals surface area (Å²) in [6, 6.07) is 12.2. The smallest absolute Gasteiger partial charge is 0.127 e. The standard InChI is InChI=1S/C17H20BrNO2/c1-11-5-6-13(9-16(11)18)19-12(2)15-8-7-14(20-3)10-17(15)21-4/h5-10,12,19H,1-4H3. The van der Waals surface area contributed by atoms with Gasteiger partial charge in [-0.3, -0.25) is 0 Å². The van der Waals surface area contributed by atoms with Crippen LogP contribution in [0.1, 0.15) is 24.1 Å². The molecule has 2 rings (SSSR count). The third-order valence-corrected chi connectivity index (χ3v) is 4.32. The third-order valence-electron chi connectivity index (χ3n) is 3.46. The summed E-state index contributed by atoms with van der Waals surface area (Å²) in [5.41, 5.74) is 3.38. The summed E-state index contributed by atoms with van der Waals surface area (Å²) in [5.74, 6) is 1.61. The third kappa shape index (κ3) is 3.70. The minimum Gasteiger partial charge on any atom is -0.497 e. The molecule has 0 saturated carbocycles. The second-order valence-electron chi connectivity index (χ2n) is 4.94. The van der Waals surface area contributed by atoms with Gasteiger partial charge in [-0.15, -0.1) is 0 Å². The Morgan fingerprint density at radius 1 is 1.05 bits per heavy atom. The van der Waals surface area contributed by atoms with E-state index in [1.54, 1.807) is 14.2 Å². The lowest BCUT2D eigenvalue weighted by Gasteiger charge is -2.19. The van der Waals surface area contributed by atoms with Crippen molar-refractivity contribution in [2.45, 2.75) is 19.9 Å². The van der Waals surface area contributed by atoms with Crippen LogP contribution < -0.4 is 14.8 Å². The summed E-state index contributed by atoms with van der Waals surface area (Å²) in [6.45, 7) is 4.18. The van der Waals surface area contributed by atoms with Crippen molar-refractivity contribution >= 4 is 21.6 Å². The Hall–Kier alpha value is -1.68. The van der Waals surface area contributed by atoms with Crippen LogP contribution in [-0.4, -0.2) is 14.2 Å². The van der Waals surface area contributed by atoms with Crippen molar-refractivity contribution in [2.75, 3.05) is 19.5 Å². The second-order valence-corrected chi connectivity index (χ2v) is 5.79. The van der Waals surface area contributed by atoms with E-state index in [9.17, 15) is 0 Å². The molecule has 2 aromatic carbocycles. The number of halogens is 1. The molecule has 0 amide bonds. The summed E-state index contributed by atoms with van der Waals surface area (Å²) in [7, 11) is 3.33. The van der Waals surface area contributed by atoms with Gasteiger partial charge in [0.05, 0.1) is 20.3 Å². The predicted molar refractivity (Wildman–Crippen MR) is 90.5 cm³/mol. The fraction of sp³-hybridized carbons (Fsp3) is 0.294. The number of hydrogen-bond donors (Lipinski definition) is 1. The van der Waals surface area contributed by atoms with Crippen molar-refractivity contribution < 1.29 is 9.47 Å². The lowest BCUT2D eigenvalue weighted by atomic mass is 10.1. The summed E-state index contributed by atoms with van der Waals surface area (Å²) in [6.07, 6.45) is 0. The Bertz CT molecular complexity index is 628. The van der Waals surface area contributed by atoms with Crippen LogP contribution in [0, 0.1) is 6.92 Å². The quantitative estimate of drug-likeness (QED) is 0.828. The Kier molecular flexibility index (Phi) is 5.12. The Morgan fingerprint density at radius 3 is 2.43 bits per heavy atom. The van der Waals surface area contributed by atoms with Gasteiger partial charge >= 0.3 is 0 Å². The lowest BCUT2D eigenvalue weighted by molar-refractivity contribution is 0.390. The molecular weight excluding hydrogens is 330 g/mol. The second kappa shape index (κ2) is 6.85. The van der Waals surface area contributed by atoms with Gasteiger partial charge in [-0.2, -0.15) is 0 Å². The first-order valence-electron chi connectivity index (χ1n) is 6.79. The molecule has 0 aliphatic heterocycles. The molecule has 0 aliphatic rings. The molecule has 0 aromatic heterocycles. The van der Waals surface area contributed by atoms with Gasteiger partial charge in [0.15, 0.2) is 0 Å². The molecule has 0 fully saturated rings. The molecule has 0 saturated heterocycles. The van der Waals surface area contributed by atoms with Crippen molar-refractivity contribution in [3.8, 4) is 11.5 Å². The Balaban J connectivity index is 2.23. The van der Waals surface area contributed by atoms with Gasteiger partial charge in [0.25, 0.3) is 0 Å². The molecule has 0 aliphatic carbocycles. The number of anilines is 1. The van der Waals surface area contributed by atoms with Gasteiger partial charge in [0, 0.05) is 21.8 Å². The zero-order valence-electron chi connectivity index (χ0n) is 12.7. The first-order valence-corrected chi connectivity index (χ1v) is 7.59. The molecule has 3 nitrogen and oxygen atoms in total. The fourth-order valence-corrected chi connectivity index (χ4v) is 2.57. The highest BCUT2D eigenvalue weighted by atomic mass is 79.9. The maximum Gasteiger partial charge on any atom is 0.127 e. The molecule has 0 bridgehead atoms. The number of benzene rings is 2. The molecule has 0 spiro atoms. The van der Waals surface area contributed by atoms with Crippen LogP contribution in [0.4, 0.5) is 5.69 Å². The van der Waals surface area contributed by atoms with Crippen molar-refractivity contribution in [1.29, 1.82) is 0 Å². The maximum atomic E-state index is 5.46. The van der Waals surface area contributed by atoms with E-state index in [0.717, 1.165) is 27.2 Å². The minimum absolute atomic E-state index is 0.125. The first kappa shape index (κ1) is 15.7. The molecule has 21 heavy (non-hydrogen) atoms.